The third-order valence-electron chi connectivity index (χ3n) is 2.03. The smallest absolute Gasteiger partial charge is 1.00 e. The molecule has 5 heteroatoms. The van der Waals surface area contributed by atoms with Crippen molar-refractivity contribution in [1.29, 1.82) is 0 Å². The molecule has 0 saturated carbocycles. The van der Waals surface area contributed by atoms with E-state index < -0.39 is 0 Å². The Morgan fingerprint density at radius 3 is 2.25 bits per heavy atom. The van der Waals surface area contributed by atoms with Gasteiger partial charge in [0.2, 0.25) is 0 Å². The van der Waals surface area contributed by atoms with E-state index in [0.717, 1.165) is 11.3 Å². The van der Waals surface area contributed by atoms with Crippen LogP contribution in [-0.4, -0.2) is 0 Å². The fourth-order valence-electron chi connectivity index (χ4n) is 1.53. The molecular weight excluding hydrogens is 346 g/mol. The maximum atomic E-state index is 5.30. The second kappa shape index (κ2) is 9.53. The maximum Gasteiger partial charge on any atom is 4.00 e. The topological polar surface area (TPSA) is 13.1 Å². The average molecular weight is 357 g/mol. The second-order valence-corrected chi connectivity index (χ2v) is 3.13. The molecule has 0 fully saturated rings. The van der Waals surface area contributed by atoms with Crippen molar-refractivity contribution in [3.63, 3.8) is 0 Å². The molecular formula is C11H11Cl3OZr. The van der Waals surface area contributed by atoms with Gasteiger partial charge < -0.3 is 41.6 Å². The van der Waals surface area contributed by atoms with E-state index in [4.69, 9.17) is 4.42 Å². The predicted octanol–water partition coefficient (Wildman–Crippen LogP) is -5.93. The van der Waals surface area contributed by atoms with Crippen LogP contribution in [-0.2, 0) is 26.2 Å². The number of allylic oxidation sites excluding steroid dienone is 4. The molecule has 1 aromatic heterocycles. The summed E-state index contributed by atoms with van der Waals surface area (Å²) >= 11 is 0. The Morgan fingerprint density at radius 2 is 1.88 bits per heavy atom. The van der Waals surface area contributed by atoms with Crippen molar-refractivity contribution >= 4 is 5.57 Å². The molecule has 0 aliphatic heterocycles. The van der Waals surface area contributed by atoms with E-state index >= 15 is 0 Å². The van der Waals surface area contributed by atoms with E-state index in [2.05, 4.69) is 26.0 Å². The first-order valence-corrected chi connectivity index (χ1v) is 4.13. The minimum atomic E-state index is 0. The van der Waals surface area contributed by atoms with Crippen LogP contribution in [0.15, 0.2) is 34.5 Å². The predicted molar refractivity (Wildman–Crippen MR) is 48.3 cm³/mol. The van der Waals surface area contributed by atoms with Crippen molar-refractivity contribution in [3.8, 4) is 0 Å². The van der Waals surface area contributed by atoms with Crippen LogP contribution in [0.3, 0.4) is 0 Å². The minimum Gasteiger partial charge on any atom is -1.00 e. The molecule has 1 aliphatic carbocycles. The molecule has 0 spiro atoms. The Hall–Kier alpha value is 0.513. The Balaban J connectivity index is -0.000000422. The molecule has 0 aromatic carbocycles. The number of hydrogen-bond donors (Lipinski definition) is 0. The molecule has 1 aromatic rings. The van der Waals surface area contributed by atoms with Gasteiger partial charge >= 0.3 is 26.2 Å². The Kier molecular flexibility index (Phi) is 13.0. The third kappa shape index (κ3) is 4.79. The summed E-state index contributed by atoms with van der Waals surface area (Å²) in [4.78, 5) is 0. The summed E-state index contributed by atoms with van der Waals surface area (Å²) in [5.41, 5.74) is 2.38. The van der Waals surface area contributed by atoms with E-state index in [1.807, 2.05) is 12.1 Å². The van der Waals surface area contributed by atoms with Gasteiger partial charge in [-0.05, 0) is 6.07 Å². The molecule has 0 radical (unpaired) electrons. The molecule has 1 atom stereocenters. The molecule has 2 rings (SSSR count). The quantitative estimate of drug-likeness (QED) is 0.457. The fourth-order valence-corrected chi connectivity index (χ4v) is 1.53. The van der Waals surface area contributed by atoms with Crippen LogP contribution in [0.4, 0.5) is 0 Å². The first-order valence-electron chi connectivity index (χ1n) is 4.13. The molecule has 1 unspecified atom stereocenters. The summed E-state index contributed by atoms with van der Waals surface area (Å²) in [6.45, 7) is 4.22. The van der Waals surface area contributed by atoms with Gasteiger partial charge in [0.1, 0.15) is 0 Å². The fraction of sp³-hybridized carbons (Fsp3) is 0.273. The summed E-state index contributed by atoms with van der Waals surface area (Å²) in [6.07, 6.45) is 7.22. The van der Waals surface area contributed by atoms with E-state index in [1.165, 1.54) is 5.57 Å². The van der Waals surface area contributed by atoms with Crippen molar-refractivity contribution in [3.05, 3.63) is 41.9 Å². The number of halogens is 3. The van der Waals surface area contributed by atoms with Gasteiger partial charge in [-0.1, -0.05) is 25.8 Å². The standard InChI is InChI=1S/C11H11O.3ClH.Zr/c1-8-6-9(2)10(7-8)11-4-3-5-12-11;;;;/h3-6,8H,1-2H3;3*1H;/q-1;;;;+4/p-3. The molecule has 86 valence electrons. The Bertz CT molecular complexity index is 344. The van der Waals surface area contributed by atoms with Gasteiger partial charge in [-0.2, -0.15) is 17.2 Å². The molecule has 0 saturated heterocycles. The summed E-state index contributed by atoms with van der Waals surface area (Å²) in [5, 5.41) is 0. The molecule has 0 bridgehead atoms. The number of hydrogen-bond acceptors (Lipinski definition) is 1. The Morgan fingerprint density at radius 1 is 1.25 bits per heavy atom. The SMILES string of the molecule is CC1=CC(C)[C-]=C1c1ccco1.[Cl-].[Cl-].[Cl-].[Zr+4]. The van der Waals surface area contributed by atoms with E-state index in [9.17, 15) is 0 Å². The van der Waals surface area contributed by atoms with E-state index in [0.29, 0.717) is 5.92 Å². The van der Waals surface area contributed by atoms with Crippen molar-refractivity contribution < 1.29 is 67.8 Å². The van der Waals surface area contributed by atoms with Crippen molar-refractivity contribution in [2.24, 2.45) is 5.92 Å². The van der Waals surface area contributed by atoms with Crippen LogP contribution >= 0.6 is 0 Å². The van der Waals surface area contributed by atoms with Crippen LogP contribution in [0.5, 0.6) is 0 Å². The molecule has 0 N–H and O–H groups in total. The van der Waals surface area contributed by atoms with Crippen LogP contribution in [0.25, 0.3) is 5.57 Å². The molecule has 0 amide bonds. The zero-order chi connectivity index (χ0) is 8.55. The van der Waals surface area contributed by atoms with Crippen LogP contribution in [0.2, 0.25) is 0 Å². The average Bonchev–Trinajstić information content (AvgIpc) is 2.58. The summed E-state index contributed by atoms with van der Waals surface area (Å²) < 4.78 is 5.30. The molecule has 1 heterocycles. The van der Waals surface area contributed by atoms with Gasteiger partial charge in [-0.25, -0.2) is 0 Å². The largest absolute Gasteiger partial charge is 4.00 e. The van der Waals surface area contributed by atoms with Crippen LogP contribution < -0.4 is 37.2 Å². The van der Waals surface area contributed by atoms with E-state index in [1.54, 1.807) is 6.26 Å². The summed E-state index contributed by atoms with van der Waals surface area (Å²) in [5.74, 6) is 1.35. The monoisotopic (exact) mass is 354 g/mol. The molecule has 16 heavy (non-hydrogen) atoms. The van der Waals surface area contributed by atoms with Gasteiger partial charge in [0.15, 0.2) is 0 Å². The maximum absolute atomic E-state index is 5.30. The van der Waals surface area contributed by atoms with Crippen LogP contribution in [0, 0.1) is 12.0 Å². The zero-order valence-electron chi connectivity index (χ0n) is 8.93. The van der Waals surface area contributed by atoms with Crippen molar-refractivity contribution in [2.45, 2.75) is 13.8 Å². The molecule has 1 nitrogen and oxygen atoms in total. The van der Waals surface area contributed by atoms with Crippen molar-refractivity contribution in [1.82, 2.24) is 0 Å². The minimum absolute atomic E-state index is 0. The van der Waals surface area contributed by atoms with Gasteiger partial charge in [0.05, 0.1) is 6.26 Å². The van der Waals surface area contributed by atoms with Gasteiger partial charge in [0.25, 0.3) is 0 Å². The van der Waals surface area contributed by atoms with Gasteiger partial charge in [0, 0.05) is 5.76 Å². The third-order valence-corrected chi connectivity index (χ3v) is 2.03. The molecule has 1 aliphatic rings. The Labute approximate surface area is 134 Å². The van der Waals surface area contributed by atoms with Gasteiger partial charge in [-0.3, -0.25) is 0 Å². The second-order valence-electron chi connectivity index (χ2n) is 3.13. The number of rotatable bonds is 1. The van der Waals surface area contributed by atoms with Crippen LogP contribution in [0.1, 0.15) is 19.6 Å². The van der Waals surface area contributed by atoms with E-state index in [-0.39, 0.29) is 63.4 Å². The first-order chi connectivity index (χ1) is 5.77. The summed E-state index contributed by atoms with van der Waals surface area (Å²) in [6, 6.07) is 3.87. The normalized spacial score (nSPS) is 16.8. The van der Waals surface area contributed by atoms with Crippen molar-refractivity contribution in [2.75, 3.05) is 0 Å². The first kappa shape index (κ1) is 21.8. The zero-order valence-corrected chi connectivity index (χ0v) is 13.7. The summed E-state index contributed by atoms with van der Waals surface area (Å²) in [7, 11) is 0. The number of furan rings is 1. The van der Waals surface area contributed by atoms with Gasteiger partial charge in [-0.15, -0.1) is 6.08 Å².